The lowest BCUT2D eigenvalue weighted by molar-refractivity contribution is -0.334. The second-order valence-corrected chi connectivity index (χ2v) is 13.4. The van der Waals surface area contributed by atoms with E-state index in [2.05, 4.69) is 26.5 Å². The Bertz CT molecular complexity index is 1000. The quantitative estimate of drug-likeness (QED) is 0.312. The van der Waals surface area contributed by atoms with Crippen molar-refractivity contribution in [3.05, 3.63) is 23.8 Å². The largest absolute Gasteiger partial charge is 0.462 e. The van der Waals surface area contributed by atoms with Crippen molar-refractivity contribution in [3.8, 4) is 0 Å². The van der Waals surface area contributed by atoms with Crippen LogP contribution in [-0.4, -0.2) is 52.8 Å². The summed E-state index contributed by atoms with van der Waals surface area (Å²) >= 11 is 0. The predicted molar refractivity (Wildman–Crippen MR) is 137 cm³/mol. The Hall–Kier alpha value is -1.70. The number of carbonyl (C=O) groups is 2. The number of hydrogen-bond donors (Lipinski definition) is 1. The van der Waals surface area contributed by atoms with Gasteiger partial charge in [-0.2, -0.15) is 0 Å². The van der Waals surface area contributed by atoms with Gasteiger partial charge in [-0.15, -0.1) is 0 Å². The SMILES string of the molecule is C=C1CCC(CCC2CCC3(OC2)OC(=O)C2(O)CC3(C)OC2(C)C)C(C)(C)C1CC=C1CCOC1=O. The standard InChI is InChI=1S/C30H44O7/c1-19-7-10-22(26(2,3)23(19)12-9-21-14-16-34-24(21)31)11-8-20-13-15-30(35-17-20)28(6)18-29(33,25(32)36-30)27(4,5)37-28/h9,20,22-23,33H,1,7-8,10-18H2,2-6H3. The Morgan fingerprint density at radius 3 is 2.49 bits per heavy atom. The Balaban J connectivity index is 1.19. The summed E-state index contributed by atoms with van der Waals surface area (Å²) in [6.07, 6.45) is 9.61. The van der Waals surface area contributed by atoms with Gasteiger partial charge in [0.05, 0.1) is 13.2 Å². The van der Waals surface area contributed by atoms with E-state index in [9.17, 15) is 14.7 Å². The number of cyclic esters (lactones) is 1. The van der Waals surface area contributed by atoms with Crippen LogP contribution in [0, 0.1) is 23.2 Å². The average molecular weight is 517 g/mol. The van der Waals surface area contributed by atoms with Gasteiger partial charge in [-0.1, -0.05) is 32.1 Å². The molecule has 7 nitrogen and oxygen atoms in total. The molecule has 206 valence electrons. The number of fused-ring (bicyclic) bond motifs is 3. The van der Waals surface area contributed by atoms with E-state index in [1.807, 2.05) is 6.92 Å². The predicted octanol–water partition coefficient (Wildman–Crippen LogP) is 5.01. The molecule has 5 fully saturated rings. The zero-order valence-corrected chi connectivity index (χ0v) is 23.2. The van der Waals surface area contributed by atoms with Crippen LogP contribution in [0.25, 0.3) is 0 Å². The fraction of sp³-hybridized carbons (Fsp3) is 0.800. The number of rotatable bonds is 5. The molecule has 1 saturated carbocycles. The molecule has 4 heterocycles. The van der Waals surface area contributed by atoms with Gasteiger partial charge in [-0.05, 0) is 82.5 Å². The molecule has 0 aromatic heterocycles. The third-order valence-electron chi connectivity index (χ3n) is 10.6. The zero-order valence-electron chi connectivity index (χ0n) is 23.2. The van der Waals surface area contributed by atoms with Crippen molar-refractivity contribution >= 4 is 11.9 Å². The molecule has 1 aliphatic carbocycles. The average Bonchev–Trinajstić information content (AvgIpc) is 3.29. The van der Waals surface area contributed by atoms with E-state index in [1.165, 1.54) is 5.57 Å². The number of allylic oxidation sites excluding steroid dienone is 2. The van der Waals surface area contributed by atoms with Gasteiger partial charge in [0.25, 0.3) is 0 Å². The summed E-state index contributed by atoms with van der Waals surface area (Å²) in [5.74, 6) is -0.643. The first-order valence-electron chi connectivity index (χ1n) is 14.1. The summed E-state index contributed by atoms with van der Waals surface area (Å²) in [7, 11) is 0. The van der Waals surface area contributed by atoms with Crippen LogP contribution in [0.5, 0.6) is 0 Å². The van der Waals surface area contributed by atoms with Crippen LogP contribution in [0.1, 0.15) is 92.4 Å². The van der Waals surface area contributed by atoms with Crippen molar-refractivity contribution in [2.75, 3.05) is 13.2 Å². The first-order valence-corrected chi connectivity index (χ1v) is 14.1. The molecular formula is C30H44O7. The minimum Gasteiger partial charge on any atom is -0.462 e. The first kappa shape index (κ1) is 26.9. The van der Waals surface area contributed by atoms with Crippen molar-refractivity contribution in [1.82, 2.24) is 0 Å². The molecule has 4 aliphatic heterocycles. The first-order chi connectivity index (χ1) is 17.2. The van der Waals surface area contributed by atoms with Crippen molar-refractivity contribution in [3.63, 3.8) is 0 Å². The highest BCUT2D eigenvalue weighted by Gasteiger charge is 2.75. The van der Waals surface area contributed by atoms with Crippen LogP contribution in [-0.2, 0) is 28.5 Å². The van der Waals surface area contributed by atoms with E-state index in [0.717, 1.165) is 44.1 Å². The second kappa shape index (κ2) is 8.92. The summed E-state index contributed by atoms with van der Waals surface area (Å²) in [5.41, 5.74) is -1.35. The van der Waals surface area contributed by atoms with Crippen LogP contribution in [0.2, 0.25) is 0 Å². The molecule has 0 radical (unpaired) electrons. The number of aliphatic hydroxyl groups is 1. The Morgan fingerprint density at radius 2 is 1.84 bits per heavy atom. The maximum atomic E-state index is 12.8. The van der Waals surface area contributed by atoms with Crippen molar-refractivity contribution < 1.29 is 33.6 Å². The minimum atomic E-state index is -1.64. The van der Waals surface area contributed by atoms with Gasteiger partial charge in [0.1, 0.15) is 11.2 Å². The van der Waals surface area contributed by atoms with Crippen LogP contribution in [0.15, 0.2) is 23.8 Å². The molecule has 6 unspecified atom stereocenters. The van der Waals surface area contributed by atoms with E-state index >= 15 is 0 Å². The molecular weight excluding hydrogens is 472 g/mol. The highest BCUT2D eigenvalue weighted by atomic mass is 16.8. The molecule has 1 spiro atoms. The van der Waals surface area contributed by atoms with Crippen molar-refractivity contribution in [2.24, 2.45) is 23.2 Å². The Labute approximate surface area is 220 Å². The molecule has 0 aromatic carbocycles. The summed E-state index contributed by atoms with van der Waals surface area (Å²) in [4.78, 5) is 24.7. The fourth-order valence-corrected chi connectivity index (χ4v) is 7.82. The summed E-state index contributed by atoms with van der Waals surface area (Å²) in [6, 6.07) is 0. The number of esters is 2. The van der Waals surface area contributed by atoms with E-state index in [1.54, 1.807) is 13.8 Å². The van der Waals surface area contributed by atoms with Gasteiger partial charge in [0.2, 0.25) is 5.79 Å². The van der Waals surface area contributed by atoms with Crippen LogP contribution in [0.4, 0.5) is 0 Å². The fourth-order valence-electron chi connectivity index (χ4n) is 7.82. The maximum absolute atomic E-state index is 12.8. The summed E-state index contributed by atoms with van der Waals surface area (Å²) in [6.45, 7) is 15.5. The minimum absolute atomic E-state index is 0.0890. The molecule has 0 aromatic rings. The molecule has 5 rings (SSSR count). The highest BCUT2D eigenvalue weighted by Crippen LogP contribution is 2.58. The van der Waals surface area contributed by atoms with E-state index in [0.29, 0.717) is 43.8 Å². The summed E-state index contributed by atoms with van der Waals surface area (Å²) < 4.78 is 23.6. The van der Waals surface area contributed by atoms with Gasteiger partial charge in [0, 0.05) is 24.8 Å². The normalized spacial score (nSPS) is 43.8. The van der Waals surface area contributed by atoms with Crippen LogP contribution >= 0.6 is 0 Å². The number of carbonyl (C=O) groups excluding carboxylic acids is 2. The Morgan fingerprint density at radius 1 is 1.08 bits per heavy atom. The molecule has 4 saturated heterocycles. The molecule has 5 aliphatic rings. The third-order valence-corrected chi connectivity index (χ3v) is 10.6. The van der Waals surface area contributed by atoms with Crippen molar-refractivity contribution in [1.29, 1.82) is 0 Å². The molecule has 37 heavy (non-hydrogen) atoms. The van der Waals surface area contributed by atoms with E-state index in [-0.39, 0.29) is 17.8 Å². The van der Waals surface area contributed by atoms with Gasteiger partial charge < -0.3 is 24.1 Å². The Kier molecular flexibility index (Phi) is 6.48. The maximum Gasteiger partial charge on any atom is 0.343 e. The lowest BCUT2D eigenvalue weighted by Gasteiger charge is -2.50. The van der Waals surface area contributed by atoms with Crippen LogP contribution < -0.4 is 0 Å². The lowest BCUT2D eigenvalue weighted by atomic mass is 9.58. The third kappa shape index (κ3) is 4.20. The van der Waals surface area contributed by atoms with E-state index in [4.69, 9.17) is 18.9 Å². The number of ether oxygens (including phenoxy) is 4. The molecule has 7 heteroatoms. The van der Waals surface area contributed by atoms with E-state index < -0.39 is 28.6 Å². The topological polar surface area (TPSA) is 91.3 Å². The van der Waals surface area contributed by atoms with Gasteiger partial charge >= 0.3 is 11.9 Å². The highest BCUT2D eigenvalue weighted by molar-refractivity contribution is 5.90. The molecule has 2 bridgehead atoms. The summed E-state index contributed by atoms with van der Waals surface area (Å²) in [5, 5.41) is 11.0. The smallest absolute Gasteiger partial charge is 0.343 e. The van der Waals surface area contributed by atoms with Crippen molar-refractivity contribution in [2.45, 2.75) is 115 Å². The van der Waals surface area contributed by atoms with Gasteiger partial charge in [-0.3, -0.25) is 0 Å². The van der Waals surface area contributed by atoms with Gasteiger partial charge in [-0.25, -0.2) is 9.59 Å². The second-order valence-electron chi connectivity index (χ2n) is 13.4. The van der Waals surface area contributed by atoms with Crippen LogP contribution in [0.3, 0.4) is 0 Å². The molecule has 6 atom stereocenters. The lowest BCUT2D eigenvalue weighted by Crippen LogP contribution is -2.65. The van der Waals surface area contributed by atoms with Gasteiger partial charge in [0.15, 0.2) is 5.60 Å². The molecule has 0 amide bonds. The molecule has 1 N–H and O–H groups in total. The monoisotopic (exact) mass is 516 g/mol. The number of hydrogen-bond acceptors (Lipinski definition) is 7. The zero-order chi connectivity index (χ0) is 26.9.